The van der Waals surface area contributed by atoms with E-state index in [1.54, 1.807) is 0 Å². The molecule has 2 aromatic carbocycles. The van der Waals surface area contributed by atoms with Crippen LogP contribution in [0.2, 0.25) is 5.02 Å². The van der Waals surface area contributed by atoms with E-state index < -0.39 is 0 Å². The Morgan fingerprint density at radius 1 is 1.21 bits per heavy atom. The van der Waals surface area contributed by atoms with Gasteiger partial charge in [0.25, 0.3) is 0 Å². The molecular weight excluding hydrogens is 322 g/mol. The third kappa shape index (κ3) is 3.59. The molecule has 0 saturated carbocycles. The van der Waals surface area contributed by atoms with E-state index >= 15 is 0 Å². The molecule has 19 heavy (non-hydrogen) atoms. The van der Waals surface area contributed by atoms with Gasteiger partial charge in [-0.3, -0.25) is 0 Å². The average Bonchev–Trinajstić information content (AvgIpc) is 2.41. The lowest BCUT2D eigenvalue weighted by molar-refractivity contribution is 0.591. The van der Waals surface area contributed by atoms with Gasteiger partial charge >= 0.3 is 0 Å². The number of hydrogen-bond acceptors (Lipinski definition) is 1. The number of aryl methyl sites for hydroxylation is 1. The molecular formula is C16H17BrClN. The Balaban J connectivity index is 2.25. The number of nitrogens with one attached hydrogen (secondary N) is 1. The summed E-state index contributed by atoms with van der Waals surface area (Å²) in [4.78, 5) is 0. The van der Waals surface area contributed by atoms with Crippen LogP contribution in [0.4, 0.5) is 0 Å². The van der Waals surface area contributed by atoms with Gasteiger partial charge in [-0.15, -0.1) is 0 Å². The molecule has 1 nitrogen and oxygen atoms in total. The molecule has 3 heteroatoms. The molecule has 0 saturated heterocycles. The van der Waals surface area contributed by atoms with Gasteiger partial charge in [-0.25, -0.2) is 0 Å². The van der Waals surface area contributed by atoms with Crippen molar-refractivity contribution in [3.63, 3.8) is 0 Å². The van der Waals surface area contributed by atoms with Crippen molar-refractivity contribution in [2.24, 2.45) is 0 Å². The van der Waals surface area contributed by atoms with Crippen LogP contribution in [0.5, 0.6) is 0 Å². The second-order valence-electron chi connectivity index (χ2n) is 4.65. The van der Waals surface area contributed by atoms with Gasteiger partial charge < -0.3 is 5.32 Å². The Bertz CT molecular complexity index is 568. The zero-order valence-corrected chi connectivity index (χ0v) is 13.4. The predicted octanol–water partition coefficient (Wildman–Crippen LogP) is 4.91. The van der Waals surface area contributed by atoms with Crippen LogP contribution >= 0.6 is 27.5 Å². The molecule has 0 aliphatic rings. The van der Waals surface area contributed by atoms with Crippen LogP contribution in [-0.4, -0.2) is 7.05 Å². The molecule has 0 aliphatic heterocycles. The molecule has 0 amide bonds. The zero-order chi connectivity index (χ0) is 13.8. The van der Waals surface area contributed by atoms with E-state index in [0.717, 1.165) is 21.5 Å². The Morgan fingerprint density at radius 3 is 2.58 bits per heavy atom. The molecule has 0 aromatic heterocycles. The van der Waals surface area contributed by atoms with Crippen LogP contribution in [-0.2, 0) is 6.42 Å². The van der Waals surface area contributed by atoms with E-state index in [1.165, 1.54) is 11.1 Å². The van der Waals surface area contributed by atoms with Crippen LogP contribution in [0.25, 0.3) is 0 Å². The molecule has 0 aliphatic carbocycles. The Kier molecular flexibility index (Phi) is 5.03. The third-order valence-corrected chi connectivity index (χ3v) is 4.51. The standard InChI is InChI=1S/C16H17BrClN/c1-11-7-8-13(9-15(11)18)16(19-2)10-12-5-3-4-6-14(12)17/h3-9,16,19H,10H2,1-2H3. The maximum Gasteiger partial charge on any atom is 0.0438 e. The largest absolute Gasteiger partial charge is 0.313 e. The zero-order valence-electron chi connectivity index (χ0n) is 11.1. The highest BCUT2D eigenvalue weighted by Gasteiger charge is 2.12. The van der Waals surface area contributed by atoms with Crippen LogP contribution < -0.4 is 5.32 Å². The van der Waals surface area contributed by atoms with Crippen LogP contribution in [0, 0.1) is 6.92 Å². The lowest BCUT2D eigenvalue weighted by Crippen LogP contribution is -2.19. The summed E-state index contributed by atoms with van der Waals surface area (Å²) in [5.41, 5.74) is 3.62. The minimum Gasteiger partial charge on any atom is -0.313 e. The number of hydrogen-bond donors (Lipinski definition) is 1. The first-order valence-corrected chi connectivity index (χ1v) is 7.45. The van der Waals surface area contributed by atoms with Crippen LogP contribution in [0.3, 0.4) is 0 Å². The number of halogens is 2. The van der Waals surface area contributed by atoms with Crippen molar-refractivity contribution >= 4 is 27.5 Å². The quantitative estimate of drug-likeness (QED) is 0.835. The lowest BCUT2D eigenvalue weighted by Gasteiger charge is -2.18. The van der Waals surface area contributed by atoms with Gasteiger partial charge in [0, 0.05) is 15.5 Å². The molecule has 0 radical (unpaired) electrons. The van der Waals surface area contributed by atoms with Gasteiger partial charge in [0.05, 0.1) is 0 Å². The summed E-state index contributed by atoms with van der Waals surface area (Å²) < 4.78 is 1.15. The first-order chi connectivity index (χ1) is 9.11. The minimum atomic E-state index is 0.261. The van der Waals surface area contributed by atoms with Gasteiger partial charge in [0.1, 0.15) is 0 Å². The monoisotopic (exact) mass is 337 g/mol. The van der Waals surface area contributed by atoms with E-state index in [2.05, 4.69) is 57.6 Å². The fourth-order valence-electron chi connectivity index (χ4n) is 2.10. The smallest absolute Gasteiger partial charge is 0.0438 e. The molecule has 100 valence electrons. The molecule has 1 atom stereocenters. The van der Waals surface area contributed by atoms with E-state index in [4.69, 9.17) is 11.6 Å². The van der Waals surface area contributed by atoms with Crippen molar-refractivity contribution in [3.8, 4) is 0 Å². The molecule has 0 spiro atoms. The summed E-state index contributed by atoms with van der Waals surface area (Å²) in [5, 5.41) is 4.19. The molecule has 2 rings (SSSR count). The van der Waals surface area contributed by atoms with Gasteiger partial charge in [0.2, 0.25) is 0 Å². The van der Waals surface area contributed by atoms with Crippen molar-refractivity contribution < 1.29 is 0 Å². The molecule has 2 aromatic rings. The highest BCUT2D eigenvalue weighted by atomic mass is 79.9. The van der Waals surface area contributed by atoms with Crippen molar-refractivity contribution in [3.05, 3.63) is 68.7 Å². The topological polar surface area (TPSA) is 12.0 Å². The Hall–Kier alpha value is -0.830. The summed E-state index contributed by atoms with van der Waals surface area (Å²) in [6.07, 6.45) is 0.928. The summed E-state index contributed by atoms with van der Waals surface area (Å²) in [6, 6.07) is 14.8. The average molecular weight is 339 g/mol. The van der Waals surface area contributed by atoms with E-state index in [0.29, 0.717) is 0 Å². The maximum absolute atomic E-state index is 6.21. The van der Waals surface area contributed by atoms with Crippen LogP contribution in [0.1, 0.15) is 22.7 Å². The Labute approximate surface area is 128 Å². The molecule has 1 unspecified atom stereocenters. The van der Waals surface area contributed by atoms with Crippen molar-refractivity contribution in [1.82, 2.24) is 5.32 Å². The predicted molar refractivity (Wildman–Crippen MR) is 85.8 cm³/mol. The van der Waals surface area contributed by atoms with Crippen LogP contribution in [0.15, 0.2) is 46.9 Å². The van der Waals surface area contributed by atoms with Gasteiger partial charge in [-0.2, -0.15) is 0 Å². The van der Waals surface area contributed by atoms with Gasteiger partial charge in [0.15, 0.2) is 0 Å². The summed E-state index contributed by atoms with van der Waals surface area (Å²) >= 11 is 9.81. The SMILES string of the molecule is CNC(Cc1ccccc1Br)c1ccc(C)c(Cl)c1. The number of likely N-dealkylation sites (N-methyl/N-ethyl adjacent to an activating group) is 1. The first kappa shape index (κ1) is 14.6. The molecule has 0 bridgehead atoms. The van der Waals surface area contributed by atoms with Crippen molar-refractivity contribution in [2.45, 2.75) is 19.4 Å². The lowest BCUT2D eigenvalue weighted by atomic mass is 9.98. The second kappa shape index (κ2) is 6.56. The van der Waals surface area contributed by atoms with E-state index in [1.807, 2.05) is 20.0 Å². The highest BCUT2D eigenvalue weighted by Crippen LogP contribution is 2.26. The summed E-state index contributed by atoms with van der Waals surface area (Å²) in [5.74, 6) is 0. The fourth-order valence-corrected chi connectivity index (χ4v) is 2.73. The minimum absolute atomic E-state index is 0.261. The number of benzene rings is 2. The fraction of sp³-hybridized carbons (Fsp3) is 0.250. The normalized spacial score (nSPS) is 12.4. The van der Waals surface area contributed by atoms with Crippen molar-refractivity contribution in [1.29, 1.82) is 0 Å². The van der Waals surface area contributed by atoms with Gasteiger partial charge in [-0.1, -0.05) is 57.9 Å². The highest BCUT2D eigenvalue weighted by molar-refractivity contribution is 9.10. The molecule has 0 fully saturated rings. The number of rotatable bonds is 4. The summed E-state index contributed by atoms with van der Waals surface area (Å²) in [7, 11) is 1.98. The van der Waals surface area contributed by atoms with E-state index in [-0.39, 0.29) is 6.04 Å². The molecule has 0 heterocycles. The first-order valence-electron chi connectivity index (χ1n) is 6.28. The van der Waals surface area contributed by atoms with E-state index in [9.17, 15) is 0 Å². The maximum atomic E-state index is 6.21. The molecule has 1 N–H and O–H groups in total. The second-order valence-corrected chi connectivity index (χ2v) is 5.91. The third-order valence-electron chi connectivity index (χ3n) is 3.33. The van der Waals surface area contributed by atoms with Crippen molar-refractivity contribution in [2.75, 3.05) is 7.05 Å². The van der Waals surface area contributed by atoms with Gasteiger partial charge in [-0.05, 0) is 49.2 Å². The summed E-state index contributed by atoms with van der Waals surface area (Å²) in [6.45, 7) is 2.02. The Morgan fingerprint density at radius 2 is 1.95 bits per heavy atom.